The third-order valence-corrected chi connectivity index (χ3v) is 5.38. The number of aliphatic hydroxyl groups is 1. The summed E-state index contributed by atoms with van der Waals surface area (Å²) >= 11 is 3.48. The smallest absolute Gasteiger partial charge is 0.271 e. The quantitative estimate of drug-likeness (QED) is 0.681. The van der Waals surface area contributed by atoms with Crippen molar-refractivity contribution in [3.05, 3.63) is 64.6 Å². The van der Waals surface area contributed by atoms with Crippen molar-refractivity contribution < 1.29 is 26.7 Å². The van der Waals surface area contributed by atoms with E-state index in [4.69, 9.17) is 0 Å². The first-order valence-corrected chi connectivity index (χ1v) is 8.92. The summed E-state index contributed by atoms with van der Waals surface area (Å²) in [5.74, 6) is 1.24. The van der Waals surface area contributed by atoms with E-state index in [1.807, 2.05) is 30.3 Å². The number of β-amino-alcohol motifs (C(OH)–C–C–N with tert-alkyl or cyclic N) is 1. The number of rotatable bonds is 2. The van der Waals surface area contributed by atoms with Crippen molar-refractivity contribution >= 4 is 27.5 Å². The van der Waals surface area contributed by atoms with E-state index in [9.17, 15) is 5.11 Å². The van der Waals surface area contributed by atoms with Crippen molar-refractivity contribution in [2.75, 3.05) is 18.0 Å². The predicted octanol–water partition coefficient (Wildman–Crippen LogP) is 0.713. The molecule has 5 heteroatoms. The highest BCUT2D eigenvalue weighted by atomic mass is 79.9. The molecular formula is C19H20Br2N2O. The number of hydrogen-bond acceptors (Lipinski definition) is 2. The molecule has 4 rings (SSSR count). The van der Waals surface area contributed by atoms with Gasteiger partial charge >= 0.3 is 0 Å². The van der Waals surface area contributed by atoms with Gasteiger partial charge in [-0.3, -0.25) is 0 Å². The third-order valence-electron chi connectivity index (χ3n) is 4.85. The second-order valence-electron chi connectivity index (χ2n) is 6.27. The lowest BCUT2D eigenvalue weighted by Gasteiger charge is -2.24. The Morgan fingerprint density at radius 2 is 1.71 bits per heavy atom. The molecule has 24 heavy (non-hydrogen) atoms. The SMILES string of the molecule is OC1(c2ccc(Br)cc2)CN(c2ccccc2)C2=[N+]1CCCC2.[Br-]. The summed E-state index contributed by atoms with van der Waals surface area (Å²) < 4.78 is 3.23. The molecule has 2 aromatic rings. The summed E-state index contributed by atoms with van der Waals surface area (Å²) in [5, 5.41) is 11.5. The Labute approximate surface area is 161 Å². The molecule has 1 atom stereocenters. The average Bonchev–Trinajstić information content (AvgIpc) is 2.91. The minimum Gasteiger partial charge on any atom is -1.00 e. The van der Waals surface area contributed by atoms with Crippen LogP contribution in [0.25, 0.3) is 0 Å². The first kappa shape index (κ1) is 17.6. The van der Waals surface area contributed by atoms with Gasteiger partial charge in [0.15, 0.2) is 6.54 Å². The van der Waals surface area contributed by atoms with Gasteiger partial charge in [0, 0.05) is 16.5 Å². The molecule has 2 aliphatic heterocycles. The maximum Gasteiger partial charge on any atom is 0.271 e. The fourth-order valence-corrected chi connectivity index (χ4v) is 3.97. The molecule has 2 heterocycles. The molecule has 2 aliphatic rings. The number of hydrogen-bond donors (Lipinski definition) is 1. The second kappa shape index (κ2) is 6.98. The van der Waals surface area contributed by atoms with Crippen molar-refractivity contribution in [1.29, 1.82) is 0 Å². The Hall–Kier alpha value is -1.17. The third kappa shape index (κ3) is 2.93. The van der Waals surface area contributed by atoms with E-state index in [2.05, 4.69) is 49.7 Å². The van der Waals surface area contributed by atoms with Gasteiger partial charge in [0.1, 0.15) is 5.69 Å². The van der Waals surface area contributed by atoms with Gasteiger partial charge in [-0.1, -0.05) is 46.3 Å². The minimum absolute atomic E-state index is 0. The van der Waals surface area contributed by atoms with Gasteiger partial charge < -0.3 is 22.1 Å². The molecule has 1 N–H and O–H groups in total. The van der Waals surface area contributed by atoms with Crippen molar-refractivity contribution in [2.45, 2.75) is 25.0 Å². The van der Waals surface area contributed by atoms with Gasteiger partial charge in [-0.05, 0) is 37.1 Å². The molecule has 0 spiro atoms. The molecule has 126 valence electrons. The van der Waals surface area contributed by atoms with Crippen LogP contribution in [0.2, 0.25) is 0 Å². The zero-order valence-electron chi connectivity index (χ0n) is 13.3. The maximum atomic E-state index is 11.5. The van der Waals surface area contributed by atoms with Gasteiger partial charge in [-0.2, -0.15) is 0 Å². The molecule has 0 amide bonds. The van der Waals surface area contributed by atoms with Crippen LogP contribution in [0.4, 0.5) is 5.69 Å². The van der Waals surface area contributed by atoms with E-state index in [0.29, 0.717) is 6.54 Å². The van der Waals surface area contributed by atoms with Crippen LogP contribution < -0.4 is 21.9 Å². The van der Waals surface area contributed by atoms with Crippen molar-refractivity contribution in [3.63, 3.8) is 0 Å². The fraction of sp³-hybridized carbons (Fsp3) is 0.316. The Morgan fingerprint density at radius 3 is 2.42 bits per heavy atom. The first-order chi connectivity index (χ1) is 11.2. The van der Waals surface area contributed by atoms with E-state index in [0.717, 1.165) is 35.1 Å². The fourth-order valence-electron chi connectivity index (χ4n) is 3.71. The second-order valence-corrected chi connectivity index (χ2v) is 7.19. The van der Waals surface area contributed by atoms with Crippen LogP contribution in [-0.2, 0) is 5.72 Å². The number of benzene rings is 2. The standard InChI is InChI=1S/C19H20BrN2O.BrH/c20-16-11-9-15(10-12-16)19(23)14-21(17-6-2-1-3-7-17)18-8-4-5-13-22(18)19;/h1-3,6-7,9-12,23H,4-5,8,13-14H2;1H/q+1;/p-1. The molecule has 0 aliphatic carbocycles. The molecule has 0 saturated heterocycles. The molecule has 3 nitrogen and oxygen atoms in total. The predicted molar refractivity (Wildman–Crippen MR) is 95.8 cm³/mol. The lowest BCUT2D eigenvalue weighted by Crippen LogP contribution is -3.00. The molecule has 1 unspecified atom stereocenters. The number of amidine groups is 1. The Balaban J connectivity index is 0.00000169. The van der Waals surface area contributed by atoms with Gasteiger partial charge in [0.2, 0.25) is 0 Å². The molecule has 0 saturated carbocycles. The van der Waals surface area contributed by atoms with Crippen LogP contribution in [0.5, 0.6) is 0 Å². The molecular weight excluding hydrogens is 432 g/mol. The van der Waals surface area contributed by atoms with E-state index < -0.39 is 5.72 Å². The Morgan fingerprint density at radius 1 is 1.00 bits per heavy atom. The molecule has 0 bridgehead atoms. The highest BCUT2D eigenvalue weighted by Crippen LogP contribution is 2.35. The van der Waals surface area contributed by atoms with Gasteiger partial charge in [0.25, 0.3) is 11.6 Å². The van der Waals surface area contributed by atoms with Gasteiger partial charge in [-0.15, -0.1) is 0 Å². The normalized spacial score (nSPS) is 23.0. The maximum absolute atomic E-state index is 11.5. The summed E-state index contributed by atoms with van der Waals surface area (Å²) in [5.41, 5.74) is 1.16. The number of halogens is 2. The molecule has 0 aromatic heterocycles. The largest absolute Gasteiger partial charge is 1.00 e. The van der Waals surface area contributed by atoms with Gasteiger partial charge in [-0.25, -0.2) is 9.48 Å². The van der Waals surface area contributed by atoms with E-state index in [1.54, 1.807) is 0 Å². The summed E-state index contributed by atoms with van der Waals surface area (Å²) in [7, 11) is 0. The molecule has 2 aromatic carbocycles. The topological polar surface area (TPSA) is 26.5 Å². The number of para-hydroxylation sites is 1. The van der Waals surface area contributed by atoms with Crippen LogP contribution in [0, 0.1) is 0 Å². The highest BCUT2D eigenvalue weighted by molar-refractivity contribution is 9.10. The van der Waals surface area contributed by atoms with E-state index in [1.165, 1.54) is 12.3 Å². The lowest BCUT2D eigenvalue weighted by atomic mass is 10.0. The van der Waals surface area contributed by atoms with Crippen LogP contribution >= 0.6 is 15.9 Å². The monoisotopic (exact) mass is 450 g/mol. The highest BCUT2D eigenvalue weighted by Gasteiger charge is 2.52. The van der Waals surface area contributed by atoms with Crippen LogP contribution in [-0.4, -0.2) is 28.6 Å². The van der Waals surface area contributed by atoms with E-state index in [-0.39, 0.29) is 17.0 Å². The Bertz CT molecular complexity index is 746. The number of anilines is 1. The lowest BCUT2D eigenvalue weighted by molar-refractivity contribution is -0.661. The zero-order valence-corrected chi connectivity index (χ0v) is 16.5. The summed E-state index contributed by atoms with van der Waals surface area (Å²) in [6.07, 6.45) is 3.34. The van der Waals surface area contributed by atoms with E-state index >= 15 is 0 Å². The van der Waals surface area contributed by atoms with Crippen molar-refractivity contribution in [1.82, 2.24) is 0 Å². The van der Waals surface area contributed by atoms with Gasteiger partial charge in [0.05, 0.1) is 6.54 Å². The average molecular weight is 452 g/mol. The van der Waals surface area contributed by atoms with Crippen LogP contribution in [0.3, 0.4) is 0 Å². The summed E-state index contributed by atoms with van der Waals surface area (Å²) in [4.78, 5) is 2.28. The minimum atomic E-state index is -0.952. The van der Waals surface area contributed by atoms with Crippen LogP contribution in [0.15, 0.2) is 59.1 Å². The Kier molecular flexibility index (Phi) is 5.13. The molecule has 0 radical (unpaired) electrons. The van der Waals surface area contributed by atoms with Crippen molar-refractivity contribution in [2.24, 2.45) is 0 Å². The van der Waals surface area contributed by atoms with Crippen molar-refractivity contribution in [3.8, 4) is 0 Å². The zero-order chi connectivity index (χ0) is 15.9. The number of nitrogens with zero attached hydrogens (tertiary/aromatic N) is 2. The summed E-state index contributed by atoms with van der Waals surface area (Å²) in [6.45, 7) is 1.49. The molecule has 0 fully saturated rings. The van der Waals surface area contributed by atoms with Crippen LogP contribution in [0.1, 0.15) is 24.8 Å². The summed E-state index contributed by atoms with van der Waals surface area (Å²) in [6, 6.07) is 18.4. The first-order valence-electron chi connectivity index (χ1n) is 8.13.